The summed E-state index contributed by atoms with van der Waals surface area (Å²) in [6, 6.07) is 2.57. The summed E-state index contributed by atoms with van der Waals surface area (Å²) >= 11 is 11.3. The highest BCUT2D eigenvalue weighted by atomic mass is 35.5. The first-order valence-electron chi connectivity index (χ1n) is 4.36. The van der Waals surface area contributed by atoms with Gasteiger partial charge in [0.2, 0.25) is 0 Å². The van der Waals surface area contributed by atoms with Crippen LogP contribution in [0.25, 0.3) is 0 Å². The predicted molar refractivity (Wildman–Crippen MR) is 57.0 cm³/mol. The number of carboxylic acids is 1. The van der Waals surface area contributed by atoms with Crippen LogP contribution in [-0.4, -0.2) is 11.1 Å². The number of rotatable bonds is 4. The zero-order chi connectivity index (χ0) is 11.4. The molecule has 0 radical (unpaired) electrons. The molecule has 0 aliphatic rings. The molecule has 0 saturated heterocycles. The summed E-state index contributed by atoms with van der Waals surface area (Å²) in [5.41, 5.74) is 0.671. The molecule has 0 atom stereocenters. The van der Waals surface area contributed by atoms with E-state index in [1.165, 1.54) is 6.07 Å². The average molecular weight is 251 g/mol. The molecule has 0 spiro atoms. The van der Waals surface area contributed by atoms with Gasteiger partial charge in [0.25, 0.3) is 0 Å². The number of halogens is 3. The third-order valence-electron chi connectivity index (χ3n) is 1.93. The van der Waals surface area contributed by atoms with Crippen molar-refractivity contribution in [3.05, 3.63) is 33.6 Å². The van der Waals surface area contributed by atoms with Gasteiger partial charge in [-0.15, -0.1) is 0 Å². The van der Waals surface area contributed by atoms with Crippen molar-refractivity contribution < 1.29 is 14.3 Å². The Bertz CT molecular complexity index is 380. The lowest BCUT2D eigenvalue weighted by Gasteiger charge is -2.04. The number of aryl methyl sites for hydroxylation is 1. The molecule has 0 aliphatic carbocycles. The van der Waals surface area contributed by atoms with E-state index in [4.69, 9.17) is 28.3 Å². The minimum atomic E-state index is -0.862. The zero-order valence-corrected chi connectivity index (χ0v) is 9.28. The summed E-state index contributed by atoms with van der Waals surface area (Å²) < 4.78 is 12.9. The Balaban J connectivity index is 2.69. The van der Waals surface area contributed by atoms with E-state index < -0.39 is 11.8 Å². The fourth-order valence-electron chi connectivity index (χ4n) is 1.19. The van der Waals surface area contributed by atoms with Crippen LogP contribution in [0.4, 0.5) is 4.39 Å². The maximum atomic E-state index is 12.9. The van der Waals surface area contributed by atoms with Gasteiger partial charge in [0, 0.05) is 11.4 Å². The topological polar surface area (TPSA) is 37.3 Å². The van der Waals surface area contributed by atoms with Gasteiger partial charge in [0.15, 0.2) is 0 Å². The van der Waals surface area contributed by atoms with Gasteiger partial charge in [0.1, 0.15) is 5.82 Å². The number of hydrogen-bond acceptors (Lipinski definition) is 1. The number of carbonyl (C=O) groups is 1. The van der Waals surface area contributed by atoms with Crippen LogP contribution in [0.15, 0.2) is 12.1 Å². The Hall–Kier alpha value is -0.800. The van der Waals surface area contributed by atoms with E-state index in [2.05, 4.69) is 0 Å². The Morgan fingerprint density at radius 1 is 1.33 bits per heavy atom. The van der Waals surface area contributed by atoms with Crippen molar-refractivity contribution >= 4 is 29.2 Å². The van der Waals surface area contributed by atoms with Crippen molar-refractivity contribution in [1.82, 2.24) is 0 Å². The fourth-order valence-corrected chi connectivity index (χ4v) is 1.62. The van der Waals surface area contributed by atoms with Crippen molar-refractivity contribution in [1.29, 1.82) is 0 Å². The molecule has 0 bridgehead atoms. The SMILES string of the molecule is O=C(O)CCCc1cc(Cl)c(F)cc1Cl. The summed E-state index contributed by atoms with van der Waals surface area (Å²) in [5, 5.41) is 8.72. The molecule has 0 fully saturated rings. The van der Waals surface area contributed by atoms with Gasteiger partial charge in [-0.2, -0.15) is 0 Å². The van der Waals surface area contributed by atoms with Crippen LogP contribution in [0.3, 0.4) is 0 Å². The summed E-state index contributed by atoms with van der Waals surface area (Å²) in [6.45, 7) is 0. The van der Waals surface area contributed by atoms with Crippen LogP contribution in [0.1, 0.15) is 18.4 Å². The molecule has 15 heavy (non-hydrogen) atoms. The minimum absolute atomic E-state index is 0.00438. The third-order valence-corrected chi connectivity index (χ3v) is 2.57. The molecular formula is C10H9Cl2FO2. The van der Waals surface area contributed by atoms with Crippen LogP contribution in [-0.2, 0) is 11.2 Å². The van der Waals surface area contributed by atoms with Crippen molar-refractivity contribution in [3.8, 4) is 0 Å². The number of benzene rings is 1. The summed E-state index contributed by atoms with van der Waals surface area (Å²) in [6.07, 6.45) is 0.994. The summed E-state index contributed by atoms with van der Waals surface area (Å²) in [7, 11) is 0. The standard InChI is InChI=1S/C10H9Cl2FO2/c11-7-5-9(13)8(12)4-6(7)2-1-3-10(14)15/h4-5H,1-3H2,(H,14,15). The van der Waals surface area contributed by atoms with Gasteiger partial charge in [-0.3, -0.25) is 4.79 Å². The van der Waals surface area contributed by atoms with Crippen molar-refractivity contribution in [2.45, 2.75) is 19.3 Å². The molecule has 0 heterocycles. The highest BCUT2D eigenvalue weighted by Crippen LogP contribution is 2.25. The Morgan fingerprint density at radius 3 is 2.60 bits per heavy atom. The molecule has 1 aromatic carbocycles. The first-order chi connectivity index (χ1) is 7.00. The molecule has 0 aliphatic heterocycles. The van der Waals surface area contributed by atoms with Crippen LogP contribution in [0.2, 0.25) is 10.0 Å². The fraction of sp³-hybridized carbons (Fsp3) is 0.300. The molecule has 1 aromatic rings. The van der Waals surface area contributed by atoms with Crippen LogP contribution >= 0.6 is 23.2 Å². The molecule has 82 valence electrons. The molecule has 1 N–H and O–H groups in total. The van der Waals surface area contributed by atoms with Crippen LogP contribution in [0.5, 0.6) is 0 Å². The van der Waals surface area contributed by atoms with Crippen molar-refractivity contribution in [2.75, 3.05) is 0 Å². The largest absolute Gasteiger partial charge is 0.481 e. The highest BCUT2D eigenvalue weighted by Gasteiger charge is 2.07. The van der Waals surface area contributed by atoms with Gasteiger partial charge < -0.3 is 5.11 Å². The van der Waals surface area contributed by atoms with Crippen molar-refractivity contribution in [2.24, 2.45) is 0 Å². The highest BCUT2D eigenvalue weighted by molar-refractivity contribution is 6.33. The molecule has 0 amide bonds. The molecular weight excluding hydrogens is 242 g/mol. The van der Waals surface area contributed by atoms with Gasteiger partial charge in [-0.25, -0.2) is 4.39 Å². The van der Waals surface area contributed by atoms with Crippen LogP contribution in [0, 0.1) is 5.82 Å². The van der Waals surface area contributed by atoms with Gasteiger partial charge in [-0.05, 0) is 30.5 Å². The number of aliphatic carboxylic acids is 1. The second-order valence-corrected chi connectivity index (χ2v) is 3.92. The average Bonchev–Trinajstić information content (AvgIpc) is 2.13. The van der Waals surface area contributed by atoms with E-state index in [1.54, 1.807) is 0 Å². The number of hydrogen-bond donors (Lipinski definition) is 1. The zero-order valence-electron chi connectivity index (χ0n) is 7.77. The summed E-state index contributed by atoms with van der Waals surface area (Å²) in [4.78, 5) is 10.3. The van der Waals surface area contributed by atoms with E-state index in [0.717, 1.165) is 6.07 Å². The van der Waals surface area contributed by atoms with E-state index >= 15 is 0 Å². The lowest BCUT2D eigenvalue weighted by atomic mass is 10.1. The van der Waals surface area contributed by atoms with Crippen LogP contribution < -0.4 is 0 Å². The number of carboxylic acid groups (broad SMARTS) is 1. The predicted octanol–water partition coefficient (Wildman–Crippen LogP) is 3.54. The lowest BCUT2D eigenvalue weighted by molar-refractivity contribution is -0.137. The van der Waals surface area contributed by atoms with Gasteiger partial charge >= 0.3 is 5.97 Å². The third kappa shape index (κ3) is 3.68. The molecule has 5 heteroatoms. The van der Waals surface area contributed by atoms with Gasteiger partial charge in [0.05, 0.1) is 5.02 Å². The van der Waals surface area contributed by atoms with E-state index in [1.807, 2.05) is 0 Å². The first-order valence-corrected chi connectivity index (χ1v) is 5.11. The maximum Gasteiger partial charge on any atom is 0.303 e. The Kier molecular flexibility index (Phi) is 4.36. The molecule has 0 unspecified atom stereocenters. The van der Waals surface area contributed by atoms with Gasteiger partial charge in [-0.1, -0.05) is 23.2 Å². The smallest absolute Gasteiger partial charge is 0.303 e. The monoisotopic (exact) mass is 250 g/mol. The second kappa shape index (κ2) is 5.33. The molecule has 2 nitrogen and oxygen atoms in total. The first kappa shape index (κ1) is 12.3. The van der Waals surface area contributed by atoms with E-state index in [-0.39, 0.29) is 16.5 Å². The maximum absolute atomic E-state index is 12.9. The van der Waals surface area contributed by atoms with E-state index in [0.29, 0.717) is 18.4 Å². The van der Waals surface area contributed by atoms with Crippen molar-refractivity contribution in [3.63, 3.8) is 0 Å². The van der Waals surface area contributed by atoms with E-state index in [9.17, 15) is 9.18 Å². The molecule has 0 aromatic heterocycles. The normalized spacial score (nSPS) is 10.3. The molecule has 0 saturated carbocycles. The quantitative estimate of drug-likeness (QED) is 0.831. The minimum Gasteiger partial charge on any atom is -0.481 e. The lowest BCUT2D eigenvalue weighted by Crippen LogP contribution is -1.96. The molecule has 1 rings (SSSR count). The Labute approximate surface area is 96.6 Å². The second-order valence-electron chi connectivity index (χ2n) is 3.11. The summed E-state index contributed by atoms with van der Waals surface area (Å²) in [5.74, 6) is -1.43. The Morgan fingerprint density at radius 2 is 2.00 bits per heavy atom.